The molecular formula is C75H145NO10. The minimum atomic E-state index is -1.57. The molecule has 7 unspecified atom stereocenters. The van der Waals surface area contributed by atoms with E-state index in [1.165, 1.54) is 315 Å². The van der Waals surface area contributed by atoms with Gasteiger partial charge in [-0.1, -0.05) is 360 Å². The minimum Gasteiger partial charge on any atom is -0.466 e. The molecule has 0 aliphatic carbocycles. The summed E-state index contributed by atoms with van der Waals surface area (Å²) in [6.45, 7) is 4.37. The molecule has 1 saturated heterocycles. The second-order valence-corrected chi connectivity index (χ2v) is 26.7. The Morgan fingerprint density at radius 1 is 0.419 bits per heavy atom. The van der Waals surface area contributed by atoms with Crippen LogP contribution in [-0.4, -0.2) is 100 Å². The first-order chi connectivity index (χ1) is 42.2. The monoisotopic (exact) mass is 1220 g/mol. The number of aliphatic hydroxyl groups excluding tert-OH is 5. The van der Waals surface area contributed by atoms with E-state index < -0.39 is 49.5 Å². The topological polar surface area (TPSA) is 175 Å². The first kappa shape index (κ1) is 82.4. The Labute approximate surface area is 531 Å². The van der Waals surface area contributed by atoms with Crippen LogP contribution in [0.1, 0.15) is 393 Å². The zero-order chi connectivity index (χ0) is 62.3. The Bertz CT molecular complexity index is 1430. The largest absolute Gasteiger partial charge is 0.466 e. The highest BCUT2D eigenvalue weighted by atomic mass is 16.7. The molecule has 0 saturated carbocycles. The van der Waals surface area contributed by atoms with Crippen LogP contribution in [-0.2, 0) is 23.8 Å². The van der Waals surface area contributed by atoms with Crippen LogP contribution in [0.3, 0.4) is 0 Å². The summed E-state index contributed by atoms with van der Waals surface area (Å²) in [4.78, 5) is 25.1. The van der Waals surface area contributed by atoms with Gasteiger partial charge in [0.15, 0.2) is 6.29 Å². The van der Waals surface area contributed by atoms with E-state index in [4.69, 9.17) is 14.2 Å². The van der Waals surface area contributed by atoms with Gasteiger partial charge in [-0.15, -0.1) is 0 Å². The van der Waals surface area contributed by atoms with Gasteiger partial charge in [0.05, 0.1) is 32.0 Å². The molecule has 1 fully saturated rings. The third-order valence-electron chi connectivity index (χ3n) is 18.4. The van der Waals surface area contributed by atoms with E-state index in [1.807, 2.05) is 6.08 Å². The minimum absolute atomic E-state index is 0.0189. The first-order valence-corrected chi connectivity index (χ1v) is 38.0. The number of aliphatic hydroxyl groups is 5. The molecule has 1 aliphatic heterocycles. The molecule has 0 aromatic carbocycles. The van der Waals surface area contributed by atoms with Crippen LogP contribution in [0.4, 0.5) is 0 Å². The van der Waals surface area contributed by atoms with Crippen molar-refractivity contribution in [1.29, 1.82) is 0 Å². The van der Waals surface area contributed by atoms with Gasteiger partial charge in [0, 0.05) is 12.8 Å². The summed E-state index contributed by atoms with van der Waals surface area (Å²) in [5.74, 6) is -0.158. The molecule has 11 heteroatoms. The van der Waals surface area contributed by atoms with Gasteiger partial charge in [-0.25, -0.2) is 0 Å². The van der Waals surface area contributed by atoms with Crippen molar-refractivity contribution in [3.8, 4) is 0 Å². The number of carbonyl (C=O) groups is 2. The van der Waals surface area contributed by atoms with Crippen molar-refractivity contribution >= 4 is 11.9 Å². The molecule has 0 aromatic heterocycles. The highest BCUT2D eigenvalue weighted by Gasteiger charge is 2.44. The number of esters is 1. The van der Waals surface area contributed by atoms with Gasteiger partial charge in [-0.3, -0.25) is 9.59 Å². The Morgan fingerprint density at radius 3 is 1.08 bits per heavy atom. The van der Waals surface area contributed by atoms with Crippen molar-refractivity contribution in [2.45, 2.75) is 436 Å². The molecule has 0 spiro atoms. The average molecular weight is 1220 g/mol. The Kier molecular flexibility index (Phi) is 62.2. The van der Waals surface area contributed by atoms with Crippen LogP contribution >= 0.6 is 0 Å². The fraction of sp³-hybridized carbons (Fsp3) is 0.947. The fourth-order valence-corrected chi connectivity index (χ4v) is 12.4. The van der Waals surface area contributed by atoms with Crippen molar-refractivity contribution in [3.05, 3.63) is 12.2 Å². The van der Waals surface area contributed by atoms with E-state index >= 15 is 0 Å². The van der Waals surface area contributed by atoms with E-state index in [2.05, 4.69) is 19.2 Å². The summed E-state index contributed by atoms with van der Waals surface area (Å²) in [7, 11) is 0. The van der Waals surface area contributed by atoms with Crippen molar-refractivity contribution in [1.82, 2.24) is 5.32 Å². The van der Waals surface area contributed by atoms with Gasteiger partial charge in [0.25, 0.3) is 0 Å². The van der Waals surface area contributed by atoms with E-state index in [1.54, 1.807) is 6.08 Å². The summed E-state index contributed by atoms with van der Waals surface area (Å²) in [5.41, 5.74) is 0. The van der Waals surface area contributed by atoms with Crippen molar-refractivity contribution in [2.75, 3.05) is 19.8 Å². The maximum Gasteiger partial charge on any atom is 0.305 e. The summed E-state index contributed by atoms with van der Waals surface area (Å²) < 4.78 is 16.7. The predicted molar refractivity (Wildman–Crippen MR) is 362 cm³/mol. The highest BCUT2D eigenvalue weighted by Crippen LogP contribution is 2.24. The summed E-state index contributed by atoms with van der Waals surface area (Å²) in [6.07, 6.45) is 71.1. The molecule has 0 radical (unpaired) electrons. The Morgan fingerprint density at radius 2 is 0.733 bits per heavy atom. The zero-order valence-corrected chi connectivity index (χ0v) is 56.8. The van der Waals surface area contributed by atoms with Crippen LogP contribution in [0.15, 0.2) is 12.2 Å². The molecule has 6 N–H and O–H groups in total. The van der Waals surface area contributed by atoms with E-state index in [0.717, 1.165) is 51.4 Å². The van der Waals surface area contributed by atoms with Gasteiger partial charge in [-0.05, 0) is 32.1 Å². The maximum absolute atomic E-state index is 13.0. The third kappa shape index (κ3) is 53.1. The van der Waals surface area contributed by atoms with E-state index in [0.29, 0.717) is 19.4 Å². The summed E-state index contributed by atoms with van der Waals surface area (Å²) in [6, 6.07) is -0.804. The SMILES string of the molecule is CCCCCCCCC/C=C/C(O)C(COC1OC(CO)C(O)C(O)C1O)NC(=O)CCCCCCCCCCCCCCCCCCCCCCCCCCCCCCCCCCCOC(=O)CCCCCCCCCCCCCCCCCC. The smallest absolute Gasteiger partial charge is 0.305 e. The normalized spacial score (nSPS) is 17.9. The number of unbranched alkanes of at least 4 members (excludes halogenated alkanes) is 54. The number of hydrogen-bond donors (Lipinski definition) is 6. The number of ether oxygens (including phenoxy) is 3. The molecule has 1 amide bonds. The lowest BCUT2D eigenvalue weighted by Crippen LogP contribution is -2.60. The quantitative estimate of drug-likeness (QED) is 0.0195. The number of carbonyl (C=O) groups excluding carboxylic acids is 2. The second kappa shape index (κ2) is 64.9. The summed E-state index contributed by atoms with van der Waals surface area (Å²) in [5, 5.41) is 54.3. The Hall–Kier alpha value is -1.60. The lowest BCUT2D eigenvalue weighted by molar-refractivity contribution is -0.302. The van der Waals surface area contributed by atoms with Crippen molar-refractivity contribution < 1.29 is 49.3 Å². The second-order valence-electron chi connectivity index (χ2n) is 26.7. The standard InChI is InChI=1S/C75H145NO10/c1-3-5-7-9-11-13-14-15-16-37-40-43-47-51-55-59-63-71(80)84-64-60-56-52-48-44-41-38-35-33-31-29-27-25-23-21-19-17-18-20-22-24-26-28-30-32-34-36-39-42-46-50-54-58-62-70(79)76-67(68(78)61-57-53-49-45-12-10-8-6-4-2)66-85-75-74(83)73(82)72(81)69(65-77)86-75/h57,61,67-69,72-75,77-78,81-83H,3-56,58-60,62-66H2,1-2H3,(H,76,79)/b61-57+. The molecule has 11 nitrogen and oxygen atoms in total. The van der Waals surface area contributed by atoms with Crippen molar-refractivity contribution in [3.63, 3.8) is 0 Å². The van der Waals surface area contributed by atoms with E-state index in [-0.39, 0.29) is 18.5 Å². The number of amides is 1. The van der Waals surface area contributed by atoms with Crippen molar-refractivity contribution in [2.24, 2.45) is 0 Å². The average Bonchev–Trinajstić information content (AvgIpc) is 3.02. The zero-order valence-electron chi connectivity index (χ0n) is 56.8. The van der Waals surface area contributed by atoms with Gasteiger partial charge in [0.2, 0.25) is 5.91 Å². The number of allylic oxidation sites excluding steroid dienone is 1. The van der Waals surface area contributed by atoms with Crippen LogP contribution in [0, 0.1) is 0 Å². The number of rotatable bonds is 68. The predicted octanol–water partition coefficient (Wildman–Crippen LogP) is 19.8. The fourth-order valence-electron chi connectivity index (χ4n) is 12.4. The molecule has 7 atom stereocenters. The van der Waals surface area contributed by atoms with Crippen LogP contribution < -0.4 is 5.32 Å². The van der Waals surface area contributed by atoms with Gasteiger partial charge >= 0.3 is 5.97 Å². The molecule has 1 rings (SSSR count). The molecule has 86 heavy (non-hydrogen) atoms. The molecular weight excluding hydrogens is 1070 g/mol. The van der Waals surface area contributed by atoms with Gasteiger partial charge in [0.1, 0.15) is 24.4 Å². The number of hydrogen-bond acceptors (Lipinski definition) is 10. The molecule has 0 aromatic rings. The van der Waals surface area contributed by atoms with Gasteiger partial charge < -0.3 is 45.1 Å². The lowest BCUT2D eigenvalue weighted by Gasteiger charge is -2.40. The maximum atomic E-state index is 13.0. The highest BCUT2D eigenvalue weighted by molar-refractivity contribution is 5.76. The Balaban J connectivity index is 1.86. The summed E-state index contributed by atoms with van der Waals surface area (Å²) >= 11 is 0. The molecule has 510 valence electrons. The van der Waals surface area contributed by atoms with Crippen LogP contribution in [0.5, 0.6) is 0 Å². The molecule has 1 aliphatic rings. The molecule has 1 heterocycles. The lowest BCUT2D eigenvalue weighted by atomic mass is 9.99. The first-order valence-electron chi connectivity index (χ1n) is 38.0. The van der Waals surface area contributed by atoms with Gasteiger partial charge in [-0.2, -0.15) is 0 Å². The van der Waals surface area contributed by atoms with Crippen LogP contribution in [0.25, 0.3) is 0 Å². The third-order valence-corrected chi connectivity index (χ3v) is 18.4. The molecule has 0 bridgehead atoms. The number of nitrogens with one attached hydrogen (secondary N) is 1. The van der Waals surface area contributed by atoms with E-state index in [9.17, 15) is 35.1 Å². The van der Waals surface area contributed by atoms with Crippen LogP contribution in [0.2, 0.25) is 0 Å².